The zero-order valence-corrected chi connectivity index (χ0v) is 11.4. The largest absolute Gasteiger partial charge is 0.399 e. The van der Waals surface area contributed by atoms with Gasteiger partial charge in [0.05, 0.1) is 6.10 Å². The van der Waals surface area contributed by atoms with E-state index in [0.29, 0.717) is 12.1 Å². The van der Waals surface area contributed by atoms with Crippen molar-refractivity contribution in [3.63, 3.8) is 0 Å². The topological polar surface area (TPSA) is 47.3 Å². The molecule has 100 valence electrons. The molecule has 1 atom stereocenters. The molecule has 1 aliphatic rings. The molecule has 0 saturated heterocycles. The number of anilines is 1. The molecule has 0 aliphatic heterocycles. The fourth-order valence-corrected chi connectivity index (χ4v) is 2.52. The number of aryl methyl sites for hydroxylation is 1. The second-order valence-corrected chi connectivity index (χ2v) is 5.28. The molecular formula is C15H24N2O. The smallest absolute Gasteiger partial charge is 0.0518 e. The lowest BCUT2D eigenvalue weighted by atomic mass is 10.1. The average Bonchev–Trinajstić information content (AvgIpc) is 2.70. The third-order valence-electron chi connectivity index (χ3n) is 3.41. The van der Waals surface area contributed by atoms with Crippen molar-refractivity contribution in [1.29, 1.82) is 0 Å². The van der Waals surface area contributed by atoms with Crippen molar-refractivity contribution < 1.29 is 4.74 Å². The third-order valence-corrected chi connectivity index (χ3v) is 3.41. The van der Waals surface area contributed by atoms with Crippen molar-refractivity contribution in [3.05, 3.63) is 29.3 Å². The van der Waals surface area contributed by atoms with Gasteiger partial charge >= 0.3 is 0 Å². The van der Waals surface area contributed by atoms with Crippen molar-refractivity contribution in [2.45, 2.75) is 45.3 Å². The second-order valence-electron chi connectivity index (χ2n) is 5.28. The minimum Gasteiger partial charge on any atom is -0.399 e. The van der Waals surface area contributed by atoms with Crippen LogP contribution < -0.4 is 11.1 Å². The molecule has 1 aliphatic carbocycles. The lowest BCUT2D eigenvalue weighted by molar-refractivity contribution is 0.0767. The summed E-state index contributed by atoms with van der Waals surface area (Å²) in [6.07, 6.45) is 3.73. The van der Waals surface area contributed by atoms with Crippen molar-refractivity contribution in [2.75, 3.05) is 18.9 Å². The number of hydrogen-bond donors (Lipinski definition) is 2. The maximum atomic E-state index is 5.81. The Balaban J connectivity index is 1.76. The van der Waals surface area contributed by atoms with E-state index in [0.717, 1.165) is 31.7 Å². The monoisotopic (exact) mass is 248 g/mol. The van der Waals surface area contributed by atoms with Crippen LogP contribution in [0.15, 0.2) is 18.2 Å². The Morgan fingerprint density at radius 2 is 2.28 bits per heavy atom. The van der Waals surface area contributed by atoms with Crippen LogP contribution in [0.5, 0.6) is 0 Å². The first-order valence-electron chi connectivity index (χ1n) is 6.90. The van der Waals surface area contributed by atoms with Gasteiger partial charge in [-0.1, -0.05) is 6.07 Å². The first-order chi connectivity index (χ1) is 8.66. The molecule has 0 radical (unpaired) electrons. The molecule has 3 heteroatoms. The van der Waals surface area contributed by atoms with Crippen molar-refractivity contribution >= 4 is 5.69 Å². The van der Waals surface area contributed by atoms with Crippen LogP contribution in [0.1, 0.15) is 43.9 Å². The number of benzene rings is 1. The Morgan fingerprint density at radius 3 is 3.06 bits per heavy atom. The lowest BCUT2D eigenvalue weighted by Gasteiger charge is -2.14. The fraction of sp³-hybridized carbons (Fsp3) is 0.600. The van der Waals surface area contributed by atoms with Gasteiger partial charge in [0.1, 0.15) is 0 Å². The quantitative estimate of drug-likeness (QED) is 0.601. The Bertz CT molecular complexity index is 390. The highest BCUT2D eigenvalue weighted by Crippen LogP contribution is 2.32. The average molecular weight is 248 g/mol. The number of ether oxygens (including phenoxy) is 1. The summed E-state index contributed by atoms with van der Waals surface area (Å²) < 4.78 is 5.54. The molecule has 0 spiro atoms. The van der Waals surface area contributed by atoms with Crippen LogP contribution in [0.2, 0.25) is 0 Å². The van der Waals surface area contributed by atoms with Crippen molar-refractivity contribution in [2.24, 2.45) is 0 Å². The van der Waals surface area contributed by atoms with Gasteiger partial charge in [0.15, 0.2) is 0 Å². The molecule has 0 aromatic heterocycles. The number of nitrogens with two attached hydrogens (primary N) is 1. The Hall–Kier alpha value is -1.06. The van der Waals surface area contributed by atoms with Gasteiger partial charge in [-0.3, -0.25) is 0 Å². The molecule has 0 fully saturated rings. The maximum Gasteiger partial charge on any atom is 0.0518 e. The predicted octanol–water partition coefficient (Wildman–Crippen LogP) is 2.66. The molecule has 3 N–H and O–H groups in total. The lowest BCUT2D eigenvalue weighted by Crippen LogP contribution is -2.22. The molecule has 3 nitrogen and oxygen atoms in total. The van der Waals surface area contributed by atoms with Crippen LogP contribution in [0, 0.1) is 0 Å². The maximum absolute atomic E-state index is 5.81. The van der Waals surface area contributed by atoms with Crippen LogP contribution in [-0.4, -0.2) is 19.3 Å². The Labute approximate surface area is 110 Å². The van der Waals surface area contributed by atoms with E-state index in [2.05, 4.69) is 31.3 Å². The summed E-state index contributed by atoms with van der Waals surface area (Å²) in [5.74, 6) is 0. The zero-order valence-electron chi connectivity index (χ0n) is 11.4. The first-order valence-corrected chi connectivity index (χ1v) is 6.90. The number of nitrogens with one attached hydrogen (secondary N) is 1. The summed E-state index contributed by atoms with van der Waals surface area (Å²) in [6.45, 7) is 6.00. The van der Waals surface area contributed by atoms with E-state index in [1.165, 1.54) is 17.5 Å². The zero-order chi connectivity index (χ0) is 13.0. The van der Waals surface area contributed by atoms with Crippen LogP contribution in [0.25, 0.3) is 0 Å². The summed E-state index contributed by atoms with van der Waals surface area (Å²) in [5, 5.41) is 3.61. The molecule has 0 heterocycles. The standard InChI is InChI=1S/C15H24N2O/c1-11(2)18-9-3-8-17-15-7-4-12-10-13(16)5-6-14(12)15/h5-6,10-11,15,17H,3-4,7-9,16H2,1-2H3. The van der Waals surface area contributed by atoms with E-state index in [1.807, 2.05) is 6.07 Å². The molecule has 0 amide bonds. The van der Waals surface area contributed by atoms with Gasteiger partial charge in [0.25, 0.3) is 0 Å². The SMILES string of the molecule is CC(C)OCCCNC1CCc2cc(N)ccc21. The number of hydrogen-bond acceptors (Lipinski definition) is 3. The normalized spacial score (nSPS) is 18.3. The summed E-state index contributed by atoms with van der Waals surface area (Å²) in [4.78, 5) is 0. The summed E-state index contributed by atoms with van der Waals surface area (Å²) >= 11 is 0. The molecule has 2 rings (SSSR count). The van der Waals surface area contributed by atoms with Gasteiger partial charge in [-0.25, -0.2) is 0 Å². The second kappa shape index (κ2) is 6.21. The van der Waals surface area contributed by atoms with Gasteiger partial charge in [0, 0.05) is 18.3 Å². The molecule has 18 heavy (non-hydrogen) atoms. The van der Waals surface area contributed by atoms with E-state index >= 15 is 0 Å². The van der Waals surface area contributed by atoms with Crippen LogP contribution in [0.4, 0.5) is 5.69 Å². The highest BCUT2D eigenvalue weighted by atomic mass is 16.5. The van der Waals surface area contributed by atoms with Gasteiger partial charge in [-0.15, -0.1) is 0 Å². The summed E-state index contributed by atoms with van der Waals surface area (Å²) in [7, 11) is 0. The molecule has 0 saturated carbocycles. The highest BCUT2D eigenvalue weighted by Gasteiger charge is 2.21. The predicted molar refractivity (Wildman–Crippen MR) is 75.6 cm³/mol. The first kappa shape index (κ1) is 13.4. The molecule has 0 bridgehead atoms. The summed E-state index contributed by atoms with van der Waals surface area (Å²) in [6, 6.07) is 6.78. The molecule has 1 aromatic carbocycles. The van der Waals surface area contributed by atoms with Crippen LogP contribution >= 0.6 is 0 Å². The van der Waals surface area contributed by atoms with Gasteiger partial charge in [-0.05, 0) is 62.9 Å². The van der Waals surface area contributed by atoms with Gasteiger partial charge < -0.3 is 15.8 Å². The fourth-order valence-electron chi connectivity index (χ4n) is 2.52. The number of rotatable bonds is 6. The van der Waals surface area contributed by atoms with E-state index < -0.39 is 0 Å². The molecule has 1 aromatic rings. The van der Waals surface area contributed by atoms with Gasteiger partial charge in [-0.2, -0.15) is 0 Å². The van der Waals surface area contributed by atoms with Gasteiger partial charge in [0.2, 0.25) is 0 Å². The van der Waals surface area contributed by atoms with E-state index in [-0.39, 0.29) is 0 Å². The van der Waals surface area contributed by atoms with Crippen molar-refractivity contribution in [1.82, 2.24) is 5.32 Å². The number of nitrogen functional groups attached to an aromatic ring is 1. The minimum atomic E-state index is 0.334. The summed E-state index contributed by atoms with van der Waals surface area (Å²) in [5.41, 5.74) is 9.52. The minimum absolute atomic E-state index is 0.334. The third kappa shape index (κ3) is 3.47. The van der Waals surface area contributed by atoms with E-state index in [1.54, 1.807) is 0 Å². The number of fused-ring (bicyclic) bond motifs is 1. The van der Waals surface area contributed by atoms with Crippen LogP contribution in [0.3, 0.4) is 0 Å². The Morgan fingerprint density at radius 1 is 1.44 bits per heavy atom. The molecular weight excluding hydrogens is 224 g/mol. The van der Waals surface area contributed by atoms with E-state index in [4.69, 9.17) is 10.5 Å². The highest BCUT2D eigenvalue weighted by molar-refractivity contribution is 5.47. The van der Waals surface area contributed by atoms with E-state index in [9.17, 15) is 0 Å². The van der Waals surface area contributed by atoms with Crippen molar-refractivity contribution in [3.8, 4) is 0 Å². The Kier molecular flexibility index (Phi) is 4.61. The van der Waals surface area contributed by atoms with Crippen LogP contribution in [-0.2, 0) is 11.2 Å². The molecule has 1 unspecified atom stereocenters.